The fourth-order valence-corrected chi connectivity index (χ4v) is 3.67. The zero-order chi connectivity index (χ0) is 24.9. The number of nitrogens with zero attached hydrogens (tertiary/aromatic N) is 1. The summed E-state index contributed by atoms with van der Waals surface area (Å²) in [6.45, 7) is 5.70. The quantitative estimate of drug-likeness (QED) is 0.296. The number of nitrogens with one attached hydrogen (secondary N) is 1. The maximum Gasteiger partial charge on any atom is 0.335 e. The summed E-state index contributed by atoms with van der Waals surface area (Å²) >= 11 is 0. The van der Waals surface area contributed by atoms with Crippen LogP contribution in [0.3, 0.4) is 0 Å². The number of urea groups is 1. The molecule has 0 aliphatic carbocycles. The molecule has 0 bridgehead atoms. The van der Waals surface area contributed by atoms with Crippen molar-refractivity contribution in [2.75, 3.05) is 4.90 Å². The monoisotopic (exact) mass is 470 g/mol. The van der Waals surface area contributed by atoms with E-state index in [1.54, 1.807) is 66.7 Å². The van der Waals surface area contributed by atoms with E-state index in [2.05, 4.69) is 11.9 Å². The van der Waals surface area contributed by atoms with E-state index in [-0.39, 0.29) is 18.0 Å². The minimum atomic E-state index is -0.801. The number of aryl methyl sites for hydroxylation is 1. The van der Waals surface area contributed by atoms with Gasteiger partial charge in [-0.05, 0) is 60.9 Å². The molecule has 3 aromatic carbocycles. The lowest BCUT2D eigenvalue weighted by molar-refractivity contribution is -0.122. The Labute approximate surface area is 202 Å². The van der Waals surface area contributed by atoms with Crippen molar-refractivity contribution in [3.63, 3.8) is 0 Å². The molecule has 1 N–H and O–H groups in total. The van der Waals surface area contributed by atoms with Gasteiger partial charge in [-0.1, -0.05) is 48.0 Å². The number of carbonyl (C=O) groups is 3. The van der Waals surface area contributed by atoms with Crippen LogP contribution in [0.1, 0.15) is 22.3 Å². The van der Waals surface area contributed by atoms with Crippen molar-refractivity contribution < 1.29 is 23.5 Å². The second-order valence-electron chi connectivity index (χ2n) is 8.03. The first-order valence-corrected chi connectivity index (χ1v) is 11.0. The van der Waals surface area contributed by atoms with Crippen molar-refractivity contribution in [2.24, 2.45) is 0 Å². The molecular formula is C28H23FN2O4. The minimum Gasteiger partial charge on any atom is -0.489 e. The SMILES string of the molecule is C=CCc1cc(/C=C2\C(=O)NC(=O)N(c3ccc(C)cc3)C2=O)ccc1OCc1ccccc1F. The average Bonchev–Trinajstić information content (AvgIpc) is 2.83. The molecule has 0 unspecified atom stereocenters. The third-order valence-electron chi connectivity index (χ3n) is 5.49. The molecule has 0 atom stereocenters. The third-order valence-corrected chi connectivity index (χ3v) is 5.49. The molecule has 4 amide bonds. The molecule has 0 saturated carbocycles. The van der Waals surface area contributed by atoms with Crippen molar-refractivity contribution in [1.82, 2.24) is 5.32 Å². The first-order chi connectivity index (χ1) is 16.9. The van der Waals surface area contributed by atoms with Crippen molar-refractivity contribution in [1.29, 1.82) is 0 Å². The van der Waals surface area contributed by atoms with Gasteiger partial charge in [0, 0.05) is 5.56 Å². The zero-order valence-corrected chi connectivity index (χ0v) is 19.1. The van der Waals surface area contributed by atoms with Gasteiger partial charge < -0.3 is 4.74 Å². The van der Waals surface area contributed by atoms with Gasteiger partial charge in [0.15, 0.2) is 0 Å². The number of rotatable bonds is 7. The number of anilines is 1. The number of allylic oxidation sites excluding steroid dienone is 1. The summed E-state index contributed by atoms with van der Waals surface area (Å²) in [5, 5.41) is 2.22. The molecule has 0 spiro atoms. The number of hydrogen-bond acceptors (Lipinski definition) is 4. The van der Waals surface area contributed by atoms with E-state index in [1.807, 2.05) is 6.92 Å². The van der Waals surface area contributed by atoms with Gasteiger partial charge in [-0.3, -0.25) is 14.9 Å². The smallest absolute Gasteiger partial charge is 0.335 e. The molecule has 6 nitrogen and oxygen atoms in total. The Morgan fingerprint density at radius 1 is 1.00 bits per heavy atom. The Bertz CT molecular complexity index is 1350. The Kier molecular flexibility index (Phi) is 6.87. The van der Waals surface area contributed by atoms with Gasteiger partial charge >= 0.3 is 6.03 Å². The molecule has 0 radical (unpaired) electrons. The topological polar surface area (TPSA) is 75.7 Å². The Balaban J connectivity index is 1.62. The van der Waals surface area contributed by atoms with E-state index in [4.69, 9.17) is 4.74 Å². The number of barbiturate groups is 1. The number of ether oxygens (including phenoxy) is 1. The molecule has 1 aliphatic heterocycles. The van der Waals surface area contributed by atoms with Crippen molar-refractivity contribution in [3.8, 4) is 5.75 Å². The highest BCUT2D eigenvalue weighted by Gasteiger charge is 2.36. The van der Waals surface area contributed by atoms with Gasteiger partial charge in [0.25, 0.3) is 11.8 Å². The Hall–Kier alpha value is -4.52. The standard InChI is InChI=1S/C28H23FN2O4/c1-3-6-20-15-19(11-14-25(20)35-17-21-7-4-5-8-24(21)29)16-23-26(32)30-28(34)31(27(23)33)22-12-9-18(2)10-13-22/h3-5,7-16H,1,6,17H2,2H3,(H,30,32,34)/b23-16+. The van der Waals surface area contributed by atoms with Crippen LogP contribution in [0.4, 0.5) is 14.9 Å². The van der Waals surface area contributed by atoms with Crippen molar-refractivity contribution in [2.45, 2.75) is 20.0 Å². The van der Waals surface area contributed by atoms with Gasteiger partial charge in [-0.2, -0.15) is 0 Å². The van der Waals surface area contributed by atoms with Gasteiger partial charge in [0.1, 0.15) is 23.7 Å². The van der Waals surface area contributed by atoms with Gasteiger partial charge in [-0.25, -0.2) is 14.1 Å². The predicted molar refractivity (Wildman–Crippen MR) is 131 cm³/mol. The normalized spacial score (nSPS) is 14.7. The highest BCUT2D eigenvalue weighted by Crippen LogP contribution is 2.26. The fourth-order valence-electron chi connectivity index (χ4n) is 3.67. The second-order valence-corrected chi connectivity index (χ2v) is 8.03. The zero-order valence-electron chi connectivity index (χ0n) is 19.1. The molecule has 0 aromatic heterocycles. The second kappa shape index (κ2) is 10.2. The van der Waals surface area contributed by atoms with E-state index in [0.29, 0.717) is 29.0 Å². The number of imide groups is 2. The third kappa shape index (κ3) is 5.19. The number of hydrogen-bond donors (Lipinski definition) is 1. The highest BCUT2D eigenvalue weighted by molar-refractivity contribution is 6.39. The van der Waals surface area contributed by atoms with Crippen LogP contribution >= 0.6 is 0 Å². The molecular weight excluding hydrogens is 447 g/mol. The Morgan fingerprint density at radius 3 is 2.46 bits per heavy atom. The van der Waals surface area contributed by atoms with Gasteiger partial charge in [-0.15, -0.1) is 6.58 Å². The summed E-state index contributed by atoms with van der Waals surface area (Å²) in [6.07, 6.45) is 3.58. The van der Waals surface area contributed by atoms with Gasteiger partial charge in [0.2, 0.25) is 0 Å². The first-order valence-electron chi connectivity index (χ1n) is 11.0. The first kappa shape index (κ1) is 23.6. The van der Waals surface area contributed by atoms with Crippen LogP contribution in [-0.2, 0) is 22.6 Å². The van der Waals surface area contributed by atoms with Crippen LogP contribution in [0.5, 0.6) is 5.75 Å². The van der Waals surface area contributed by atoms with E-state index in [0.717, 1.165) is 16.0 Å². The number of benzene rings is 3. The number of amides is 4. The molecule has 3 aromatic rings. The Morgan fingerprint density at radius 2 is 1.74 bits per heavy atom. The van der Waals surface area contributed by atoms with Crippen LogP contribution in [0.15, 0.2) is 85.0 Å². The lowest BCUT2D eigenvalue weighted by atomic mass is 10.0. The molecule has 7 heteroatoms. The summed E-state index contributed by atoms with van der Waals surface area (Å²) in [5.74, 6) is -1.30. The van der Waals surface area contributed by atoms with Crippen molar-refractivity contribution in [3.05, 3.63) is 113 Å². The van der Waals surface area contributed by atoms with E-state index in [9.17, 15) is 18.8 Å². The fraction of sp³-hybridized carbons (Fsp3) is 0.107. The van der Waals surface area contributed by atoms with E-state index >= 15 is 0 Å². The van der Waals surface area contributed by atoms with Crippen LogP contribution < -0.4 is 15.0 Å². The number of halogens is 1. The van der Waals surface area contributed by atoms with Crippen LogP contribution in [0.2, 0.25) is 0 Å². The predicted octanol–water partition coefficient (Wildman–Crippen LogP) is 5.11. The molecule has 1 saturated heterocycles. The van der Waals surface area contributed by atoms with E-state index < -0.39 is 17.8 Å². The molecule has 1 fully saturated rings. The van der Waals surface area contributed by atoms with Gasteiger partial charge in [0.05, 0.1) is 5.69 Å². The maximum atomic E-state index is 13.9. The molecule has 176 valence electrons. The summed E-state index contributed by atoms with van der Waals surface area (Å²) in [5.41, 5.74) is 2.90. The van der Waals surface area contributed by atoms with Crippen LogP contribution in [-0.4, -0.2) is 17.8 Å². The molecule has 35 heavy (non-hydrogen) atoms. The maximum absolute atomic E-state index is 13.9. The lowest BCUT2D eigenvalue weighted by Crippen LogP contribution is -2.54. The van der Waals surface area contributed by atoms with Crippen molar-refractivity contribution >= 4 is 29.6 Å². The van der Waals surface area contributed by atoms with E-state index in [1.165, 1.54) is 12.1 Å². The van der Waals surface area contributed by atoms with Crippen LogP contribution in [0.25, 0.3) is 6.08 Å². The summed E-state index contributed by atoms with van der Waals surface area (Å²) in [4.78, 5) is 38.9. The van der Waals surface area contributed by atoms with Crippen LogP contribution in [0, 0.1) is 12.7 Å². The summed E-state index contributed by atoms with van der Waals surface area (Å²) in [7, 11) is 0. The molecule has 1 aliphatic rings. The molecule has 1 heterocycles. The average molecular weight is 471 g/mol. The highest BCUT2D eigenvalue weighted by atomic mass is 19.1. The molecule has 4 rings (SSSR count). The largest absolute Gasteiger partial charge is 0.489 e. The number of carbonyl (C=O) groups excluding carboxylic acids is 3. The lowest BCUT2D eigenvalue weighted by Gasteiger charge is -2.26. The summed E-state index contributed by atoms with van der Waals surface area (Å²) < 4.78 is 19.8. The minimum absolute atomic E-state index is 0.0474. The summed E-state index contributed by atoms with van der Waals surface area (Å²) in [6, 6.07) is 17.5.